The van der Waals surface area contributed by atoms with E-state index in [2.05, 4.69) is 15.4 Å². The van der Waals surface area contributed by atoms with Crippen molar-refractivity contribution in [2.75, 3.05) is 5.32 Å². The number of hydrogen-bond donors (Lipinski definition) is 1. The van der Waals surface area contributed by atoms with Crippen molar-refractivity contribution in [1.82, 2.24) is 14.8 Å². The van der Waals surface area contributed by atoms with Gasteiger partial charge in [0.1, 0.15) is 12.4 Å². The van der Waals surface area contributed by atoms with E-state index >= 15 is 0 Å². The maximum atomic E-state index is 13.2. The van der Waals surface area contributed by atoms with Crippen LogP contribution in [0.15, 0.2) is 59.4 Å². The Morgan fingerprint density at radius 2 is 2.07 bits per heavy atom. The van der Waals surface area contributed by atoms with Crippen LogP contribution in [0, 0.1) is 10.1 Å². The van der Waals surface area contributed by atoms with Crippen LogP contribution in [-0.4, -0.2) is 25.5 Å². The molecule has 0 radical (unpaired) electrons. The number of ketones is 1. The molecule has 1 aromatic carbocycles. The number of nitrogens with zero attached hydrogens (tertiary/aromatic N) is 4. The van der Waals surface area contributed by atoms with E-state index in [4.69, 9.17) is 0 Å². The summed E-state index contributed by atoms with van der Waals surface area (Å²) in [5.74, 6) is 0.567. The van der Waals surface area contributed by atoms with Crippen molar-refractivity contribution in [2.24, 2.45) is 0 Å². The Morgan fingerprint density at radius 1 is 1.21 bits per heavy atom. The van der Waals surface area contributed by atoms with Crippen LogP contribution in [-0.2, 0) is 4.79 Å². The zero-order valence-corrected chi connectivity index (χ0v) is 15.4. The molecule has 8 nitrogen and oxygen atoms in total. The summed E-state index contributed by atoms with van der Waals surface area (Å²) in [7, 11) is 0. The predicted molar refractivity (Wildman–Crippen MR) is 103 cm³/mol. The van der Waals surface area contributed by atoms with Gasteiger partial charge in [-0.1, -0.05) is 18.2 Å². The summed E-state index contributed by atoms with van der Waals surface area (Å²) < 4.78 is 1.56. The minimum Gasteiger partial charge on any atom is -0.328 e. The third kappa shape index (κ3) is 2.55. The van der Waals surface area contributed by atoms with Crippen molar-refractivity contribution in [3.8, 4) is 0 Å². The van der Waals surface area contributed by atoms with Crippen LogP contribution in [0.5, 0.6) is 0 Å². The smallest absolute Gasteiger partial charge is 0.275 e. The van der Waals surface area contributed by atoms with Crippen molar-refractivity contribution in [1.29, 1.82) is 0 Å². The molecule has 0 unspecified atom stereocenters. The monoisotopic (exact) mass is 393 g/mol. The Hall–Kier alpha value is -3.33. The molecule has 2 aliphatic rings. The summed E-state index contributed by atoms with van der Waals surface area (Å²) >= 11 is 1.64. The molecule has 2 aromatic heterocycles. The number of nitro benzene ring substituents is 1. The number of fused-ring (bicyclic) bond motifs is 1. The van der Waals surface area contributed by atoms with Crippen LogP contribution in [0.4, 0.5) is 11.6 Å². The average molecular weight is 393 g/mol. The number of allylic oxidation sites excluding steroid dienone is 2. The molecule has 1 aliphatic carbocycles. The molecule has 140 valence electrons. The SMILES string of the molecule is O=C1C[C@H](c2cccs2)CC2=C1[C@H](c1ccccc1[N+](=O)[O-])n1ncnc1N2. The first-order chi connectivity index (χ1) is 13.6. The third-order valence-electron chi connectivity index (χ3n) is 5.24. The van der Waals surface area contributed by atoms with Gasteiger partial charge in [0.25, 0.3) is 5.69 Å². The number of rotatable bonds is 3. The van der Waals surface area contributed by atoms with Crippen LogP contribution in [0.25, 0.3) is 0 Å². The standard InChI is InChI=1S/C19H15N5O3S/c25-15-9-11(16-6-3-7-28-16)8-13-17(15)18(23-19(22-13)20-10-21-23)12-4-1-2-5-14(12)24(26)27/h1-7,10-11,18H,8-9H2,(H,20,21,22)/t11-,18+/m1/s1. The highest BCUT2D eigenvalue weighted by molar-refractivity contribution is 7.10. The van der Waals surface area contributed by atoms with Crippen molar-refractivity contribution in [2.45, 2.75) is 24.8 Å². The van der Waals surface area contributed by atoms with Crippen LogP contribution in [0.1, 0.15) is 35.2 Å². The normalized spacial score (nSPS) is 21.1. The quantitative estimate of drug-likeness (QED) is 0.538. The second-order valence-corrected chi connectivity index (χ2v) is 7.79. The maximum absolute atomic E-state index is 13.2. The number of benzene rings is 1. The van der Waals surface area contributed by atoms with Crippen LogP contribution in [0.2, 0.25) is 0 Å². The summed E-state index contributed by atoms with van der Waals surface area (Å²) in [6.07, 6.45) is 2.43. The highest BCUT2D eigenvalue weighted by atomic mass is 32.1. The number of Topliss-reactive ketones (excluding diaryl/α,β-unsaturated/α-hetero) is 1. The first kappa shape index (κ1) is 16.8. The lowest BCUT2D eigenvalue weighted by Crippen LogP contribution is -2.33. The molecule has 0 fully saturated rings. The number of carbonyl (C=O) groups is 1. The fraction of sp³-hybridized carbons (Fsp3) is 0.211. The van der Waals surface area contributed by atoms with Gasteiger partial charge in [0.05, 0.1) is 10.5 Å². The van der Waals surface area contributed by atoms with Crippen LogP contribution in [0.3, 0.4) is 0 Å². The number of anilines is 1. The molecule has 0 saturated carbocycles. The second kappa shape index (κ2) is 6.38. The average Bonchev–Trinajstić information content (AvgIpc) is 3.38. The van der Waals surface area contributed by atoms with E-state index in [1.807, 2.05) is 17.5 Å². The Kier molecular flexibility index (Phi) is 3.83. The summed E-state index contributed by atoms with van der Waals surface area (Å²) in [6, 6.07) is 9.86. The number of carbonyl (C=O) groups excluding carboxylic acids is 1. The summed E-state index contributed by atoms with van der Waals surface area (Å²) in [4.78, 5) is 29.8. The summed E-state index contributed by atoms with van der Waals surface area (Å²) in [5.41, 5.74) is 1.73. The zero-order chi connectivity index (χ0) is 19.3. The zero-order valence-electron chi connectivity index (χ0n) is 14.6. The minimum atomic E-state index is -0.660. The molecule has 0 bridgehead atoms. The molecule has 1 aliphatic heterocycles. The Bertz CT molecular complexity index is 1120. The molecular formula is C19H15N5O3S. The van der Waals surface area contributed by atoms with Gasteiger partial charge in [-0.15, -0.1) is 11.3 Å². The first-order valence-corrected chi connectivity index (χ1v) is 9.71. The fourth-order valence-electron chi connectivity index (χ4n) is 4.05. The number of nitrogens with one attached hydrogen (secondary N) is 1. The van der Waals surface area contributed by atoms with E-state index in [1.54, 1.807) is 34.2 Å². The second-order valence-electron chi connectivity index (χ2n) is 6.81. The molecule has 1 N–H and O–H groups in total. The van der Waals surface area contributed by atoms with Gasteiger partial charge in [0.15, 0.2) is 5.78 Å². The van der Waals surface area contributed by atoms with Gasteiger partial charge in [-0.2, -0.15) is 10.1 Å². The first-order valence-electron chi connectivity index (χ1n) is 8.83. The number of para-hydroxylation sites is 1. The number of nitro groups is 1. The van der Waals surface area contributed by atoms with Crippen molar-refractivity contribution >= 4 is 28.8 Å². The largest absolute Gasteiger partial charge is 0.328 e. The maximum Gasteiger partial charge on any atom is 0.275 e. The number of thiophene rings is 1. The minimum absolute atomic E-state index is 0.0172. The highest BCUT2D eigenvalue weighted by Crippen LogP contribution is 2.45. The van der Waals surface area contributed by atoms with Gasteiger partial charge >= 0.3 is 0 Å². The fourth-order valence-corrected chi connectivity index (χ4v) is 4.88. The molecule has 0 saturated heterocycles. The van der Waals surface area contributed by atoms with Gasteiger partial charge in [-0.3, -0.25) is 14.9 Å². The highest BCUT2D eigenvalue weighted by Gasteiger charge is 2.41. The molecule has 3 aromatic rings. The topological polar surface area (TPSA) is 103 Å². The summed E-state index contributed by atoms with van der Waals surface area (Å²) in [6.45, 7) is 0. The van der Waals surface area contributed by atoms with Gasteiger partial charge in [0, 0.05) is 34.6 Å². The van der Waals surface area contributed by atoms with Crippen LogP contribution < -0.4 is 5.32 Å². The Morgan fingerprint density at radius 3 is 2.86 bits per heavy atom. The lowest BCUT2D eigenvalue weighted by atomic mass is 9.79. The van der Waals surface area contributed by atoms with E-state index in [1.165, 1.54) is 12.4 Å². The van der Waals surface area contributed by atoms with E-state index < -0.39 is 11.0 Å². The van der Waals surface area contributed by atoms with E-state index in [0.29, 0.717) is 29.9 Å². The molecule has 0 amide bonds. The molecule has 2 atom stereocenters. The van der Waals surface area contributed by atoms with Gasteiger partial charge in [0.2, 0.25) is 5.95 Å². The third-order valence-corrected chi connectivity index (χ3v) is 6.27. The molecule has 0 spiro atoms. The Balaban J connectivity index is 1.67. The van der Waals surface area contributed by atoms with Crippen LogP contribution >= 0.6 is 11.3 Å². The number of aromatic nitrogens is 3. The van der Waals surface area contributed by atoms with Crippen molar-refractivity contribution < 1.29 is 9.72 Å². The van der Waals surface area contributed by atoms with Gasteiger partial charge < -0.3 is 5.32 Å². The van der Waals surface area contributed by atoms with Crippen molar-refractivity contribution in [3.63, 3.8) is 0 Å². The molecule has 5 rings (SSSR count). The predicted octanol–water partition coefficient (Wildman–Crippen LogP) is 3.66. The lowest BCUT2D eigenvalue weighted by molar-refractivity contribution is -0.385. The molecule has 28 heavy (non-hydrogen) atoms. The van der Waals surface area contributed by atoms with Gasteiger partial charge in [-0.05, 0) is 23.9 Å². The molecule has 3 heterocycles. The molecule has 9 heteroatoms. The molecular weight excluding hydrogens is 378 g/mol. The van der Waals surface area contributed by atoms with E-state index in [0.717, 1.165) is 10.6 Å². The number of hydrogen-bond acceptors (Lipinski definition) is 7. The van der Waals surface area contributed by atoms with E-state index in [9.17, 15) is 14.9 Å². The van der Waals surface area contributed by atoms with Gasteiger partial charge in [-0.25, -0.2) is 4.68 Å². The van der Waals surface area contributed by atoms with E-state index in [-0.39, 0.29) is 17.4 Å². The lowest BCUT2D eigenvalue weighted by Gasteiger charge is -2.34. The Labute approximate surface area is 163 Å². The van der Waals surface area contributed by atoms with Crippen molar-refractivity contribution in [3.05, 3.63) is 79.9 Å². The summed E-state index contributed by atoms with van der Waals surface area (Å²) in [5, 5.41) is 21.1.